The molecular weight excluding hydrogens is 1010 g/mol. The third kappa shape index (κ3) is 16.3. The van der Waals surface area contributed by atoms with Crippen LogP contribution >= 0.6 is 0 Å². The van der Waals surface area contributed by atoms with Crippen molar-refractivity contribution < 1.29 is 63.8 Å². The molecule has 13 N–H and O–H groups in total. The smallest absolute Gasteiger partial charge is 0.251 e. The number of hydrogen-bond donors (Lipinski definition) is 12. The Bertz CT molecular complexity index is 2470. The van der Waals surface area contributed by atoms with Crippen LogP contribution in [0.25, 0.3) is 11.1 Å². The molecule has 6 rings (SSSR count). The molecule has 7 amide bonds. The van der Waals surface area contributed by atoms with E-state index in [1.807, 2.05) is 24.3 Å². The van der Waals surface area contributed by atoms with Crippen molar-refractivity contribution in [2.24, 2.45) is 11.7 Å². The highest BCUT2D eigenvalue weighted by Gasteiger charge is 2.48. The minimum Gasteiger partial charge on any atom is -0.494 e. The molecule has 3 aromatic carbocycles. The summed E-state index contributed by atoms with van der Waals surface area (Å²) in [6.07, 6.45) is 0.0717. The van der Waals surface area contributed by atoms with Crippen molar-refractivity contribution in [1.82, 2.24) is 41.7 Å². The number of nitrogens with zero attached hydrogens (tertiary/aromatic N) is 2. The van der Waals surface area contributed by atoms with Crippen LogP contribution in [0.3, 0.4) is 0 Å². The summed E-state index contributed by atoms with van der Waals surface area (Å²) in [4.78, 5) is 102. The van der Waals surface area contributed by atoms with Gasteiger partial charge >= 0.3 is 0 Å². The first-order valence-corrected chi connectivity index (χ1v) is 27.2. The molecule has 3 saturated heterocycles. The maximum absolute atomic E-state index is 14.6. The molecule has 3 aliphatic rings. The zero-order valence-electron chi connectivity index (χ0n) is 44.7. The third-order valence-corrected chi connectivity index (χ3v) is 14.6. The molecule has 0 saturated carbocycles. The molecule has 12 atom stereocenters. The summed E-state index contributed by atoms with van der Waals surface area (Å²) in [5, 5.41) is 71.6. The minimum atomic E-state index is -1.85. The summed E-state index contributed by atoms with van der Waals surface area (Å²) < 4.78 is 5.95. The highest BCUT2D eigenvalue weighted by Crippen LogP contribution is 2.27. The predicted molar refractivity (Wildman–Crippen MR) is 288 cm³/mol. The van der Waals surface area contributed by atoms with Crippen molar-refractivity contribution in [3.63, 3.8) is 0 Å². The van der Waals surface area contributed by atoms with Gasteiger partial charge in [-0.05, 0) is 60.7 Å². The number of unbranched alkanes of at least 4 members (excludes halogenated alkanes) is 5. The topological polar surface area (TPSA) is 335 Å². The lowest BCUT2D eigenvalue weighted by Gasteiger charge is -2.32. The van der Waals surface area contributed by atoms with E-state index in [1.165, 1.54) is 32.6 Å². The first kappa shape index (κ1) is 60.7. The zero-order chi connectivity index (χ0) is 56.5. The van der Waals surface area contributed by atoms with Crippen LogP contribution in [-0.2, 0) is 35.2 Å². The van der Waals surface area contributed by atoms with E-state index in [2.05, 4.69) is 38.8 Å². The third-order valence-electron chi connectivity index (χ3n) is 14.6. The van der Waals surface area contributed by atoms with Crippen LogP contribution in [0.15, 0.2) is 78.9 Å². The highest BCUT2D eigenvalue weighted by molar-refractivity contribution is 6.00. The maximum Gasteiger partial charge on any atom is 0.251 e. The van der Waals surface area contributed by atoms with E-state index in [9.17, 15) is 59.1 Å². The fourth-order valence-corrected chi connectivity index (χ4v) is 10.1. The summed E-state index contributed by atoms with van der Waals surface area (Å²) in [5.41, 5.74) is 8.24. The lowest BCUT2D eigenvalue weighted by Crippen LogP contribution is -2.63. The summed E-state index contributed by atoms with van der Waals surface area (Å²) in [5.74, 6) is -6.53. The van der Waals surface area contributed by atoms with Crippen LogP contribution < -0.4 is 42.4 Å². The first-order valence-electron chi connectivity index (χ1n) is 27.2. The predicted octanol–water partition coefficient (Wildman–Crippen LogP) is -0.771. The van der Waals surface area contributed by atoms with E-state index in [0.717, 1.165) is 39.5 Å². The van der Waals surface area contributed by atoms with Gasteiger partial charge in [0.25, 0.3) is 5.91 Å². The Morgan fingerprint density at radius 2 is 1.42 bits per heavy atom. The molecule has 0 radical (unpaired) electrons. The summed E-state index contributed by atoms with van der Waals surface area (Å²) in [6, 6.07) is 11.9. The number of carbonyl (C=O) groups is 7. The van der Waals surface area contributed by atoms with E-state index in [1.54, 1.807) is 61.5 Å². The van der Waals surface area contributed by atoms with Crippen LogP contribution in [-0.4, -0.2) is 189 Å². The van der Waals surface area contributed by atoms with Crippen molar-refractivity contribution in [3.05, 3.63) is 90.0 Å². The average molecular weight is 1090 g/mol. The molecule has 3 fully saturated rings. The van der Waals surface area contributed by atoms with Gasteiger partial charge < -0.3 is 77.7 Å². The number of nitrogens with two attached hydrogens (primary N) is 1. The number of aliphatic hydroxyl groups is 5. The molecule has 3 aromatic rings. The first-order chi connectivity index (χ1) is 37.4. The van der Waals surface area contributed by atoms with E-state index >= 15 is 0 Å². The van der Waals surface area contributed by atoms with Gasteiger partial charge in [-0.3, -0.25) is 33.6 Å². The molecule has 78 heavy (non-hydrogen) atoms. The van der Waals surface area contributed by atoms with Crippen molar-refractivity contribution in [1.29, 1.82) is 0 Å². The Labute approximate surface area is 455 Å². The lowest BCUT2D eigenvalue weighted by atomic mass is 10.00. The van der Waals surface area contributed by atoms with E-state index in [0.29, 0.717) is 12.2 Å². The number of rotatable bonds is 19. The fourth-order valence-electron chi connectivity index (χ4n) is 10.1. The number of amides is 7. The van der Waals surface area contributed by atoms with Crippen LogP contribution in [0.1, 0.15) is 88.1 Å². The maximum atomic E-state index is 14.6. The Kier molecular flexibility index (Phi) is 22.9. The van der Waals surface area contributed by atoms with E-state index in [-0.39, 0.29) is 51.0 Å². The van der Waals surface area contributed by atoms with Gasteiger partial charge in [-0.1, -0.05) is 101 Å². The van der Waals surface area contributed by atoms with Crippen LogP contribution in [0.5, 0.6) is 5.75 Å². The van der Waals surface area contributed by atoms with Crippen molar-refractivity contribution in [3.8, 4) is 16.9 Å². The number of nitrogens with one attached hydrogen (secondary N) is 6. The second kappa shape index (κ2) is 29.4. The van der Waals surface area contributed by atoms with E-state index in [4.69, 9.17) is 10.5 Å². The second-order valence-electron chi connectivity index (χ2n) is 20.7. The molecule has 3 aliphatic heterocycles. The van der Waals surface area contributed by atoms with Crippen molar-refractivity contribution in [2.45, 2.75) is 145 Å². The Hall–Kier alpha value is -6.53. The van der Waals surface area contributed by atoms with Gasteiger partial charge in [0.2, 0.25) is 35.4 Å². The van der Waals surface area contributed by atoms with Crippen molar-refractivity contribution >= 4 is 41.4 Å². The molecule has 3 heterocycles. The number of ether oxygens (including phenoxy) is 1. The van der Waals surface area contributed by atoms with Gasteiger partial charge in [0.15, 0.2) is 0 Å². The number of hydrogen-bond acceptors (Lipinski definition) is 15. The minimum absolute atomic E-state index is 0.101. The standard InChI is InChI=1S/C56H79N9O13/c1-4-5-6-7-8-12-25-78-41-21-19-37(20-22-41)36-15-17-38(18-16-36)50(71)60-42-27-39(58-24-23-57)29-59-54(75)48-49(70)33(2)30-65(48)55(76)43(32-66)61-53(74)47(45(69)26-35-13-10-9-11-14-35)63-52(73)44-28-40(68)31-64(44)56(77)46(34(3)67)62-51(42)72/h9-11,13-22,33-34,39-40,42-49,58,66-70H,4-8,12,23-32,57H2,1-3H3,(H,59,75)(H,60,71)(H,61,74)(H,62,72)(H,63,73)/t33-,34+,39?,40+,42?,43+,44-,45+,46-,47-,48-,49-/m0/s1. The van der Waals surface area contributed by atoms with Gasteiger partial charge in [0.1, 0.15) is 42.0 Å². The number of aliphatic hydroxyl groups excluding tert-OH is 5. The SMILES string of the molecule is CCCCCCCCOc1ccc(-c2ccc(C(=O)NC3CC(NCCN)CNC(=O)[C@@H]4[C@@H](O)[C@@H](C)CN4C(=O)[C@@H](CO)NC(=O)[C@H]([C@H](O)Cc4ccccc4)NC(=O)[C@@H]4C[C@@H](O)CN4C(=O)[C@H]([C@@H](C)O)NC3=O)cc2)cc1. The molecule has 0 aromatic heterocycles. The normalized spacial score (nSPS) is 26.6. The van der Waals surface area contributed by atoms with E-state index < -0.39 is 127 Å². The Balaban J connectivity index is 1.30. The summed E-state index contributed by atoms with van der Waals surface area (Å²) in [6.45, 7) is 3.99. The fraction of sp³-hybridized carbons (Fsp3) is 0.554. The van der Waals surface area contributed by atoms with Crippen molar-refractivity contribution in [2.75, 3.05) is 45.9 Å². The van der Waals surface area contributed by atoms with Gasteiger partial charge in [0, 0.05) is 63.1 Å². The number of carbonyl (C=O) groups excluding carboxylic acids is 7. The lowest BCUT2D eigenvalue weighted by molar-refractivity contribution is -0.146. The van der Waals surface area contributed by atoms with Gasteiger partial charge in [-0.25, -0.2) is 0 Å². The van der Waals surface area contributed by atoms with Gasteiger partial charge in [-0.15, -0.1) is 0 Å². The van der Waals surface area contributed by atoms with Crippen LogP contribution in [0.2, 0.25) is 0 Å². The average Bonchev–Trinajstić information content (AvgIpc) is 3.99. The zero-order valence-corrected chi connectivity index (χ0v) is 44.7. The molecule has 0 spiro atoms. The number of fused-ring (bicyclic) bond motifs is 2. The molecule has 0 aliphatic carbocycles. The number of benzene rings is 3. The Morgan fingerprint density at radius 3 is 2.08 bits per heavy atom. The van der Waals surface area contributed by atoms with Gasteiger partial charge in [0.05, 0.1) is 37.6 Å². The molecule has 2 unspecified atom stereocenters. The van der Waals surface area contributed by atoms with Crippen LogP contribution in [0, 0.1) is 5.92 Å². The summed E-state index contributed by atoms with van der Waals surface area (Å²) >= 11 is 0. The molecule has 0 bridgehead atoms. The monoisotopic (exact) mass is 1090 g/mol. The molecular formula is C56H79N9O13. The molecule has 426 valence electrons. The molecule has 22 nitrogen and oxygen atoms in total. The summed E-state index contributed by atoms with van der Waals surface area (Å²) in [7, 11) is 0. The quantitative estimate of drug-likeness (QED) is 0.0656. The largest absolute Gasteiger partial charge is 0.494 e. The van der Waals surface area contributed by atoms with Crippen LogP contribution in [0.4, 0.5) is 0 Å². The molecule has 22 heteroatoms. The van der Waals surface area contributed by atoms with Gasteiger partial charge in [-0.2, -0.15) is 0 Å². The highest BCUT2D eigenvalue weighted by atomic mass is 16.5. The Morgan fingerprint density at radius 1 is 0.769 bits per heavy atom. The second-order valence-corrected chi connectivity index (χ2v) is 20.7.